The average Bonchev–Trinajstić information content (AvgIpc) is 2.57. The van der Waals surface area contributed by atoms with Crippen LogP contribution in [0.3, 0.4) is 0 Å². The van der Waals surface area contributed by atoms with Crippen molar-refractivity contribution in [3.8, 4) is 5.75 Å². The highest BCUT2D eigenvalue weighted by Crippen LogP contribution is 2.29. The minimum Gasteiger partial charge on any atom is -0.508 e. The van der Waals surface area contributed by atoms with Gasteiger partial charge in [-0.05, 0) is 36.4 Å². The molecule has 3 heteroatoms. The first kappa shape index (κ1) is 13.9. The molecule has 1 amide bonds. The number of hydrogen-bond acceptors (Lipinski definition) is 2. The zero-order valence-electron chi connectivity index (χ0n) is 11.9. The number of carbonyl (C=O) groups is 1. The lowest BCUT2D eigenvalue weighted by Gasteiger charge is -2.23. The smallest absolute Gasteiger partial charge is 0.262 e. The van der Waals surface area contributed by atoms with Crippen LogP contribution in [0.15, 0.2) is 84.9 Å². The second-order valence-electron chi connectivity index (χ2n) is 4.86. The molecule has 22 heavy (non-hydrogen) atoms. The van der Waals surface area contributed by atoms with Gasteiger partial charge in [-0.2, -0.15) is 0 Å². The molecule has 0 unspecified atom stereocenters. The van der Waals surface area contributed by atoms with E-state index in [1.165, 1.54) is 0 Å². The van der Waals surface area contributed by atoms with Gasteiger partial charge in [-0.3, -0.25) is 9.69 Å². The van der Waals surface area contributed by atoms with Gasteiger partial charge >= 0.3 is 0 Å². The van der Waals surface area contributed by atoms with Crippen molar-refractivity contribution >= 4 is 17.3 Å². The van der Waals surface area contributed by atoms with E-state index < -0.39 is 0 Å². The first-order chi connectivity index (χ1) is 10.8. The number of hydrogen-bond donors (Lipinski definition) is 1. The summed E-state index contributed by atoms with van der Waals surface area (Å²) in [5, 5.41) is 9.72. The molecule has 3 rings (SSSR count). The van der Waals surface area contributed by atoms with Gasteiger partial charge in [0, 0.05) is 17.3 Å². The summed E-state index contributed by atoms with van der Waals surface area (Å²) in [6.45, 7) is 0. The summed E-state index contributed by atoms with van der Waals surface area (Å²) in [7, 11) is 0. The van der Waals surface area contributed by atoms with Crippen molar-refractivity contribution in [1.29, 1.82) is 0 Å². The van der Waals surface area contributed by atoms with Crippen molar-refractivity contribution in [2.24, 2.45) is 0 Å². The third-order valence-corrected chi connectivity index (χ3v) is 3.33. The quantitative estimate of drug-likeness (QED) is 0.777. The highest BCUT2D eigenvalue weighted by atomic mass is 16.3. The highest BCUT2D eigenvalue weighted by molar-refractivity contribution is 6.10. The number of para-hydroxylation sites is 1. The second-order valence-corrected chi connectivity index (χ2v) is 4.86. The van der Waals surface area contributed by atoms with Gasteiger partial charge in [0.05, 0.1) is 5.69 Å². The van der Waals surface area contributed by atoms with Crippen LogP contribution >= 0.6 is 0 Å². The van der Waals surface area contributed by atoms with Gasteiger partial charge < -0.3 is 5.11 Å². The molecule has 0 spiro atoms. The topological polar surface area (TPSA) is 40.5 Å². The van der Waals surface area contributed by atoms with Crippen LogP contribution in [0.5, 0.6) is 5.75 Å². The maximum Gasteiger partial charge on any atom is 0.262 e. The molecule has 0 atom stereocenters. The zero-order chi connectivity index (χ0) is 15.4. The minimum atomic E-state index is -0.141. The summed E-state index contributed by atoms with van der Waals surface area (Å²) in [4.78, 5) is 14.5. The Balaban J connectivity index is 2.10. The number of carbonyl (C=O) groups excluding carboxylic acids is 1. The Morgan fingerprint density at radius 3 is 1.95 bits per heavy atom. The molecule has 0 bridgehead atoms. The van der Waals surface area contributed by atoms with Gasteiger partial charge in [0.1, 0.15) is 5.75 Å². The molecule has 0 saturated heterocycles. The van der Waals surface area contributed by atoms with Crippen molar-refractivity contribution < 1.29 is 9.90 Å². The number of nitrogens with zero attached hydrogens (tertiary/aromatic N) is 1. The van der Waals surface area contributed by atoms with Gasteiger partial charge in [0.2, 0.25) is 0 Å². The van der Waals surface area contributed by atoms with Crippen molar-refractivity contribution in [3.05, 3.63) is 90.5 Å². The fourth-order valence-corrected chi connectivity index (χ4v) is 2.30. The monoisotopic (exact) mass is 289 g/mol. The number of aromatic hydroxyl groups is 1. The van der Waals surface area contributed by atoms with Crippen LogP contribution in [-0.2, 0) is 0 Å². The Hall–Kier alpha value is -3.07. The molecular weight excluding hydrogens is 274 g/mol. The van der Waals surface area contributed by atoms with Crippen LogP contribution in [0, 0.1) is 0 Å². The van der Waals surface area contributed by atoms with E-state index in [2.05, 4.69) is 0 Å². The van der Waals surface area contributed by atoms with E-state index in [1.54, 1.807) is 41.3 Å². The number of phenols is 1. The van der Waals surface area contributed by atoms with E-state index in [0.29, 0.717) is 11.3 Å². The molecule has 3 aromatic carbocycles. The van der Waals surface area contributed by atoms with Crippen LogP contribution in [0.4, 0.5) is 11.4 Å². The maximum absolute atomic E-state index is 12.9. The van der Waals surface area contributed by atoms with Gasteiger partial charge in [-0.1, -0.05) is 42.5 Å². The van der Waals surface area contributed by atoms with Crippen LogP contribution in [-0.4, -0.2) is 11.0 Å². The lowest BCUT2D eigenvalue weighted by Crippen LogP contribution is -2.25. The van der Waals surface area contributed by atoms with Crippen LogP contribution in [0.2, 0.25) is 0 Å². The summed E-state index contributed by atoms with van der Waals surface area (Å²) >= 11 is 0. The average molecular weight is 289 g/mol. The number of rotatable bonds is 3. The molecule has 0 fully saturated rings. The zero-order valence-corrected chi connectivity index (χ0v) is 11.9. The Labute approximate surface area is 129 Å². The first-order valence-electron chi connectivity index (χ1n) is 6.99. The Kier molecular flexibility index (Phi) is 3.88. The molecular formula is C19H15NO2. The predicted octanol–water partition coefficient (Wildman–Crippen LogP) is 4.37. The van der Waals surface area contributed by atoms with Crippen molar-refractivity contribution in [1.82, 2.24) is 0 Å². The van der Waals surface area contributed by atoms with E-state index in [9.17, 15) is 9.90 Å². The first-order valence-corrected chi connectivity index (χ1v) is 6.99. The van der Waals surface area contributed by atoms with E-state index in [1.807, 2.05) is 48.5 Å². The third-order valence-electron chi connectivity index (χ3n) is 3.33. The fourth-order valence-electron chi connectivity index (χ4n) is 2.30. The molecule has 0 aliphatic heterocycles. The number of benzene rings is 3. The molecule has 3 nitrogen and oxygen atoms in total. The molecule has 0 aliphatic rings. The van der Waals surface area contributed by atoms with E-state index in [4.69, 9.17) is 0 Å². The van der Waals surface area contributed by atoms with Crippen molar-refractivity contribution in [2.75, 3.05) is 4.90 Å². The fraction of sp³-hybridized carbons (Fsp3) is 0. The van der Waals surface area contributed by atoms with Gasteiger partial charge in [-0.15, -0.1) is 0 Å². The van der Waals surface area contributed by atoms with E-state index in [-0.39, 0.29) is 11.7 Å². The third kappa shape index (κ3) is 2.83. The Morgan fingerprint density at radius 2 is 1.32 bits per heavy atom. The van der Waals surface area contributed by atoms with E-state index >= 15 is 0 Å². The summed E-state index contributed by atoms with van der Waals surface area (Å²) in [6, 6.07) is 25.2. The van der Waals surface area contributed by atoms with Gasteiger partial charge in [0.15, 0.2) is 0 Å². The molecule has 0 heterocycles. The highest BCUT2D eigenvalue weighted by Gasteiger charge is 2.19. The molecule has 0 radical (unpaired) electrons. The Bertz CT molecular complexity index is 770. The maximum atomic E-state index is 12.9. The van der Waals surface area contributed by atoms with Crippen LogP contribution in [0.1, 0.15) is 10.4 Å². The summed E-state index contributed by atoms with van der Waals surface area (Å²) in [5.41, 5.74) is 1.97. The van der Waals surface area contributed by atoms with Crippen LogP contribution < -0.4 is 4.90 Å². The summed E-state index contributed by atoms with van der Waals surface area (Å²) in [6.07, 6.45) is 0. The molecule has 108 valence electrons. The normalized spacial score (nSPS) is 10.2. The lowest BCUT2D eigenvalue weighted by molar-refractivity contribution is 0.0999. The second kappa shape index (κ2) is 6.14. The summed E-state index contributed by atoms with van der Waals surface area (Å²) < 4.78 is 0. The number of amides is 1. The Morgan fingerprint density at radius 1 is 0.727 bits per heavy atom. The number of phenolic OH excluding ortho intramolecular Hbond substituents is 1. The van der Waals surface area contributed by atoms with Crippen molar-refractivity contribution in [3.63, 3.8) is 0 Å². The molecule has 3 aromatic rings. The molecule has 1 N–H and O–H groups in total. The van der Waals surface area contributed by atoms with Gasteiger partial charge in [-0.25, -0.2) is 0 Å². The number of anilines is 2. The standard InChI is InChI=1S/C19H15NO2/c21-18-13-7-12-17(14-18)20(16-10-5-2-6-11-16)19(22)15-8-3-1-4-9-15/h1-14,21H. The van der Waals surface area contributed by atoms with Crippen molar-refractivity contribution in [2.45, 2.75) is 0 Å². The molecule has 0 saturated carbocycles. The van der Waals surface area contributed by atoms with Crippen LogP contribution in [0.25, 0.3) is 0 Å². The predicted molar refractivity (Wildman–Crippen MR) is 87.5 cm³/mol. The SMILES string of the molecule is O=C(c1ccccc1)N(c1ccccc1)c1cccc(O)c1. The summed E-state index contributed by atoms with van der Waals surface area (Å²) in [5.74, 6) is -0.0170. The molecule has 0 aliphatic carbocycles. The largest absolute Gasteiger partial charge is 0.508 e. The minimum absolute atomic E-state index is 0.124. The van der Waals surface area contributed by atoms with Gasteiger partial charge in [0.25, 0.3) is 5.91 Å². The molecule has 0 aromatic heterocycles. The lowest BCUT2D eigenvalue weighted by atomic mass is 10.1. The van der Waals surface area contributed by atoms with E-state index in [0.717, 1.165) is 5.69 Å².